The summed E-state index contributed by atoms with van der Waals surface area (Å²) in [6, 6.07) is 7.62. The minimum atomic E-state index is -1.08. The lowest BCUT2D eigenvalue weighted by molar-refractivity contribution is 0.0914. The maximum atomic E-state index is 10.7. The number of aliphatic hydroxyl groups is 1. The van der Waals surface area contributed by atoms with Crippen molar-refractivity contribution in [3.8, 4) is 0 Å². The van der Waals surface area contributed by atoms with E-state index in [2.05, 4.69) is 33.2 Å². The highest BCUT2D eigenvalue weighted by molar-refractivity contribution is 9.10. The molecule has 1 N–H and O–H groups in total. The number of hydrogen-bond acceptors (Lipinski definition) is 3. The third-order valence-electron chi connectivity index (χ3n) is 2.96. The van der Waals surface area contributed by atoms with E-state index in [4.69, 9.17) is 0 Å². The van der Waals surface area contributed by atoms with E-state index in [0.717, 1.165) is 23.0 Å². The molecule has 0 fully saturated rings. The number of aryl methyl sites for hydroxylation is 1. The van der Waals surface area contributed by atoms with E-state index in [9.17, 15) is 5.11 Å². The van der Waals surface area contributed by atoms with Crippen molar-refractivity contribution in [3.63, 3.8) is 0 Å². The van der Waals surface area contributed by atoms with Crippen LogP contribution in [0.4, 0.5) is 0 Å². The molecule has 2 rings (SSSR count). The lowest BCUT2D eigenvalue weighted by Gasteiger charge is -2.24. The Bertz CT molecular complexity index is 519. The average Bonchev–Trinajstić information content (AvgIpc) is 2.79. The highest BCUT2D eigenvalue weighted by atomic mass is 79.9. The third kappa shape index (κ3) is 2.47. The minimum Gasteiger partial charge on any atom is -0.379 e. The van der Waals surface area contributed by atoms with Crippen LogP contribution in [0.3, 0.4) is 0 Å². The largest absolute Gasteiger partial charge is 0.379 e. The van der Waals surface area contributed by atoms with Crippen LogP contribution in [0.5, 0.6) is 0 Å². The summed E-state index contributed by atoms with van der Waals surface area (Å²) in [6.45, 7) is 4.59. The van der Waals surface area contributed by atoms with Gasteiger partial charge in [-0.2, -0.15) is 0 Å². The summed E-state index contributed by atoms with van der Waals surface area (Å²) < 4.78 is 2.74. The minimum absolute atomic E-state index is 0.715. The molecule has 0 bridgehead atoms. The second-order valence-corrected chi connectivity index (χ2v) is 5.34. The predicted octanol–water partition coefficient (Wildman–Crippen LogP) is 2.71. The molecule has 5 heteroatoms. The molecule has 0 aliphatic carbocycles. The summed E-state index contributed by atoms with van der Waals surface area (Å²) in [6.07, 6.45) is 2.57. The topological polar surface area (TPSA) is 50.9 Å². The molecule has 0 amide bonds. The van der Waals surface area contributed by atoms with Gasteiger partial charge in [0, 0.05) is 11.0 Å². The standard InChI is InChI=1S/C13H16BrN3O/c1-3-8-17-12(9-15-16-17)13(2,18)10-4-6-11(14)7-5-10/h4-7,9,18H,3,8H2,1-2H3. The summed E-state index contributed by atoms with van der Waals surface area (Å²) in [5, 5.41) is 18.6. The smallest absolute Gasteiger partial charge is 0.130 e. The molecule has 1 aromatic heterocycles. The van der Waals surface area contributed by atoms with Gasteiger partial charge < -0.3 is 5.11 Å². The van der Waals surface area contributed by atoms with Crippen molar-refractivity contribution in [3.05, 3.63) is 46.2 Å². The van der Waals surface area contributed by atoms with Gasteiger partial charge in [0.15, 0.2) is 0 Å². The first-order valence-corrected chi connectivity index (χ1v) is 6.72. The van der Waals surface area contributed by atoms with Crippen LogP contribution in [0.15, 0.2) is 34.9 Å². The first-order valence-electron chi connectivity index (χ1n) is 5.93. The van der Waals surface area contributed by atoms with Crippen LogP contribution in [0.2, 0.25) is 0 Å². The molecule has 1 heterocycles. The molecule has 96 valence electrons. The summed E-state index contributed by atoms with van der Waals surface area (Å²) in [5.74, 6) is 0. The Hall–Kier alpha value is -1.20. The van der Waals surface area contributed by atoms with Crippen molar-refractivity contribution in [1.29, 1.82) is 0 Å². The zero-order valence-corrected chi connectivity index (χ0v) is 12.1. The maximum absolute atomic E-state index is 10.7. The lowest BCUT2D eigenvalue weighted by Crippen LogP contribution is -2.27. The quantitative estimate of drug-likeness (QED) is 0.944. The molecule has 1 unspecified atom stereocenters. The molecule has 18 heavy (non-hydrogen) atoms. The molecule has 2 aromatic rings. The molecule has 1 atom stereocenters. The average molecular weight is 310 g/mol. The summed E-state index contributed by atoms with van der Waals surface area (Å²) in [5.41, 5.74) is 0.455. The molecule has 0 saturated heterocycles. The summed E-state index contributed by atoms with van der Waals surface area (Å²) in [7, 11) is 0. The van der Waals surface area contributed by atoms with Gasteiger partial charge in [0.1, 0.15) is 5.60 Å². The van der Waals surface area contributed by atoms with Gasteiger partial charge in [0.2, 0.25) is 0 Å². The van der Waals surface area contributed by atoms with E-state index in [1.54, 1.807) is 17.8 Å². The fraction of sp³-hybridized carbons (Fsp3) is 0.385. The van der Waals surface area contributed by atoms with Gasteiger partial charge in [-0.05, 0) is 31.0 Å². The maximum Gasteiger partial charge on any atom is 0.130 e. The predicted molar refractivity (Wildman–Crippen MR) is 73.1 cm³/mol. The fourth-order valence-corrected chi connectivity index (χ4v) is 2.20. The highest BCUT2D eigenvalue weighted by Gasteiger charge is 2.29. The molecular weight excluding hydrogens is 294 g/mol. The Balaban J connectivity index is 2.40. The van der Waals surface area contributed by atoms with Crippen molar-refractivity contribution in [2.24, 2.45) is 0 Å². The second-order valence-electron chi connectivity index (χ2n) is 4.42. The van der Waals surface area contributed by atoms with Crippen LogP contribution in [0, 0.1) is 0 Å². The highest BCUT2D eigenvalue weighted by Crippen LogP contribution is 2.29. The van der Waals surface area contributed by atoms with Gasteiger partial charge in [-0.25, -0.2) is 4.68 Å². The van der Waals surface area contributed by atoms with Crippen LogP contribution in [-0.2, 0) is 12.1 Å². The van der Waals surface area contributed by atoms with Gasteiger partial charge in [-0.1, -0.05) is 40.2 Å². The second kappa shape index (κ2) is 5.20. The van der Waals surface area contributed by atoms with Gasteiger partial charge in [-0.3, -0.25) is 0 Å². The van der Waals surface area contributed by atoms with Crippen molar-refractivity contribution < 1.29 is 5.11 Å². The number of hydrogen-bond donors (Lipinski definition) is 1. The Morgan fingerprint density at radius 3 is 2.61 bits per heavy atom. The zero-order valence-electron chi connectivity index (χ0n) is 10.5. The van der Waals surface area contributed by atoms with E-state index in [0.29, 0.717) is 5.69 Å². The number of benzene rings is 1. The van der Waals surface area contributed by atoms with Crippen LogP contribution < -0.4 is 0 Å². The van der Waals surface area contributed by atoms with Crippen molar-refractivity contribution in [1.82, 2.24) is 15.0 Å². The number of rotatable bonds is 4. The summed E-state index contributed by atoms with van der Waals surface area (Å²) >= 11 is 3.39. The van der Waals surface area contributed by atoms with E-state index >= 15 is 0 Å². The monoisotopic (exact) mass is 309 g/mol. The first kappa shape index (κ1) is 13.2. The number of halogens is 1. The molecule has 0 aliphatic heterocycles. The molecule has 0 aliphatic rings. The number of nitrogens with zero attached hydrogens (tertiary/aromatic N) is 3. The normalized spacial score (nSPS) is 14.4. The Morgan fingerprint density at radius 2 is 2.00 bits per heavy atom. The Labute approximate surface area is 115 Å². The van der Waals surface area contributed by atoms with E-state index in [-0.39, 0.29) is 0 Å². The van der Waals surface area contributed by atoms with Crippen molar-refractivity contribution in [2.75, 3.05) is 0 Å². The lowest BCUT2D eigenvalue weighted by atomic mass is 9.93. The molecular formula is C13H16BrN3O. The van der Waals surface area contributed by atoms with E-state index in [1.165, 1.54) is 0 Å². The van der Waals surface area contributed by atoms with E-state index in [1.807, 2.05) is 24.3 Å². The zero-order chi connectivity index (χ0) is 13.2. The SMILES string of the molecule is CCCn1nncc1C(C)(O)c1ccc(Br)cc1. The van der Waals surface area contributed by atoms with E-state index < -0.39 is 5.60 Å². The van der Waals surface area contributed by atoms with Gasteiger partial charge in [-0.15, -0.1) is 5.10 Å². The Kier molecular flexibility index (Phi) is 3.82. The van der Waals surface area contributed by atoms with Crippen LogP contribution in [0.25, 0.3) is 0 Å². The third-order valence-corrected chi connectivity index (χ3v) is 3.49. The van der Waals surface area contributed by atoms with Gasteiger partial charge in [0.25, 0.3) is 0 Å². The molecule has 0 spiro atoms. The Morgan fingerprint density at radius 1 is 1.33 bits per heavy atom. The molecule has 0 saturated carbocycles. The van der Waals surface area contributed by atoms with Crippen molar-refractivity contribution in [2.45, 2.75) is 32.4 Å². The van der Waals surface area contributed by atoms with Crippen LogP contribution >= 0.6 is 15.9 Å². The van der Waals surface area contributed by atoms with Gasteiger partial charge >= 0.3 is 0 Å². The van der Waals surface area contributed by atoms with Gasteiger partial charge in [0.05, 0.1) is 11.9 Å². The summed E-state index contributed by atoms with van der Waals surface area (Å²) in [4.78, 5) is 0. The first-order chi connectivity index (χ1) is 8.55. The van der Waals surface area contributed by atoms with Crippen molar-refractivity contribution >= 4 is 15.9 Å². The number of aromatic nitrogens is 3. The molecule has 4 nitrogen and oxygen atoms in total. The van der Waals surface area contributed by atoms with Crippen LogP contribution in [0.1, 0.15) is 31.5 Å². The fourth-order valence-electron chi connectivity index (χ4n) is 1.93. The molecule has 1 aromatic carbocycles. The van der Waals surface area contributed by atoms with Crippen LogP contribution in [-0.4, -0.2) is 20.1 Å². The molecule has 0 radical (unpaired) electrons.